The monoisotopic (exact) mass is 314 g/mol. The first-order valence-corrected chi connectivity index (χ1v) is 6.33. The summed E-state index contributed by atoms with van der Waals surface area (Å²) in [6.07, 6.45) is -4.81. The van der Waals surface area contributed by atoms with E-state index in [0.29, 0.717) is 11.1 Å². The van der Waals surface area contributed by atoms with E-state index >= 15 is 0 Å². The number of carboxylic acids is 1. The van der Waals surface area contributed by atoms with E-state index in [1.807, 2.05) is 0 Å². The molecule has 0 saturated carbocycles. The first kappa shape index (κ1) is 15.4. The van der Waals surface area contributed by atoms with Gasteiger partial charge < -0.3 is 5.11 Å². The summed E-state index contributed by atoms with van der Waals surface area (Å²) >= 11 is 5.97. The van der Waals surface area contributed by atoms with Crippen LogP contribution in [0.2, 0.25) is 5.02 Å². The molecule has 21 heavy (non-hydrogen) atoms. The zero-order valence-corrected chi connectivity index (χ0v) is 11.4. The molecular weight excluding hydrogens is 305 g/mol. The minimum atomic E-state index is -4.46. The van der Waals surface area contributed by atoms with Crippen molar-refractivity contribution in [2.24, 2.45) is 0 Å². The number of halogens is 4. The van der Waals surface area contributed by atoms with E-state index in [9.17, 15) is 18.0 Å². The summed E-state index contributed by atoms with van der Waals surface area (Å²) in [5.74, 6) is -1.10. The van der Waals surface area contributed by atoms with E-state index in [0.717, 1.165) is 12.1 Å². The van der Waals surface area contributed by atoms with Crippen molar-refractivity contribution in [1.29, 1.82) is 0 Å². The Balaban J connectivity index is 2.57. The lowest BCUT2D eigenvalue weighted by atomic mass is 9.96. The van der Waals surface area contributed by atoms with Gasteiger partial charge in [-0.25, -0.2) is 0 Å². The molecule has 2 nitrogen and oxygen atoms in total. The highest BCUT2D eigenvalue weighted by Crippen LogP contribution is 2.34. The third-order valence-corrected chi connectivity index (χ3v) is 3.30. The number of carbonyl (C=O) groups is 1. The Morgan fingerprint density at radius 3 is 2.43 bits per heavy atom. The maximum Gasteiger partial charge on any atom is 0.416 e. The Morgan fingerprint density at radius 2 is 1.81 bits per heavy atom. The lowest BCUT2D eigenvalue weighted by molar-refractivity contribution is -0.138. The topological polar surface area (TPSA) is 37.3 Å². The van der Waals surface area contributed by atoms with Gasteiger partial charge in [0.05, 0.1) is 12.0 Å². The predicted octanol–water partition coefficient (Wildman–Crippen LogP) is 4.65. The largest absolute Gasteiger partial charge is 0.481 e. The summed E-state index contributed by atoms with van der Waals surface area (Å²) in [4.78, 5) is 10.9. The molecule has 2 rings (SSSR count). The van der Waals surface area contributed by atoms with Gasteiger partial charge in [0, 0.05) is 5.02 Å². The van der Waals surface area contributed by atoms with Crippen molar-refractivity contribution in [3.63, 3.8) is 0 Å². The number of aliphatic carboxylic acids is 1. The van der Waals surface area contributed by atoms with Crippen LogP contribution in [0, 0.1) is 0 Å². The van der Waals surface area contributed by atoms with Crippen LogP contribution in [0.5, 0.6) is 0 Å². The van der Waals surface area contributed by atoms with Crippen molar-refractivity contribution < 1.29 is 23.1 Å². The average molecular weight is 315 g/mol. The molecule has 110 valence electrons. The molecule has 0 aliphatic rings. The summed E-state index contributed by atoms with van der Waals surface area (Å²) in [5.41, 5.74) is 0.173. The lowest BCUT2D eigenvalue weighted by Gasteiger charge is -2.12. The number of benzene rings is 2. The molecule has 0 atom stereocenters. The Labute approximate surface area is 123 Å². The average Bonchev–Trinajstić information content (AvgIpc) is 2.40. The number of hydrogen-bond donors (Lipinski definition) is 1. The number of hydrogen-bond acceptors (Lipinski definition) is 1. The van der Waals surface area contributed by atoms with Gasteiger partial charge in [0.25, 0.3) is 0 Å². The van der Waals surface area contributed by atoms with Crippen molar-refractivity contribution in [3.05, 3.63) is 58.6 Å². The van der Waals surface area contributed by atoms with E-state index in [1.54, 1.807) is 12.1 Å². The molecule has 1 N–H and O–H groups in total. The summed E-state index contributed by atoms with van der Waals surface area (Å²) in [5, 5.41) is 9.12. The lowest BCUT2D eigenvalue weighted by Crippen LogP contribution is -2.06. The molecular formula is C15H10ClF3O2. The van der Waals surface area contributed by atoms with Gasteiger partial charge in [-0.1, -0.05) is 35.9 Å². The Hall–Kier alpha value is -2.01. The van der Waals surface area contributed by atoms with Crippen LogP contribution in [0.15, 0.2) is 42.5 Å². The Morgan fingerprint density at radius 1 is 1.14 bits per heavy atom. The zero-order valence-electron chi connectivity index (χ0n) is 10.6. The molecule has 0 heterocycles. The van der Waals surface area contributed by atoms with E-state index < -0.39 is 17.7 Å². The van der Waals surface area contributed by atoms with Gasteiger partial charge in [0.1, 0.15) is 0 Å². The zero-order chi connectivity index (χ0) is 15.6. The fourth-order valence-corrected chi connectivity index (χ4v) is 2.26. The molecule has 0 aliphatic carbocycles. The van der Waals surface area contributed by atoms with Crippen molar-refractivity contribution in [2.75, 3.05) is 0 Å². The van der Waals surface area contributed by atoms with Crippen LogP contribution in [0.4, 0.5) is 13.2 Å². The highest BCUT2D eigenvalue weighted by Gasteiger charge is 2.30. The molecule has 2 aromatic rings. The summed E-state index contributed by atoms with van der Waals surface area (Å²) in [6, 6.07) is 9.36. The fraction of sp³-hybridized carbons (Fsp3) is 0.133. The van der Waals surface area contributed by atoms with Crippen LogP contribution in [0.25, 0.3) is 11.1 Å². The molecule has 6 heteroatoms. The predicted molar refractivity (Wildman–Crippen MR) is 73.2 cm³/mol. The quantitative estimate of drug-likeness (QED) is 0.895. The second-order valence-electron chi connectivity index (χ2n) is 4.42. The second kappa shape index (κ2) is 5.77. The second-order valence-corrected chi connectivity index (χ2v) is 4.82. The molecule has 0 aliphatic heterocycles. The van der Waals surface area contributed by atoms with Crippen molar-refractivity contribution in [2.45, 2.75) is 12.6 Å². The van der Waals surface area contributed by atoms with Gasteiger partial charge in [-0.2, -0.15) is 13.2 Å². The minimum Gasteiger partial charge on any atom is -0.481 e. The van der Waals surface area contributed by atoms with Gasteiger partial charge in [0.2, 0.25) is 0 Å². The number of rotatable bonds is 3. The van der Waals surface area contributed by atoms with Crippen LogP contribution in [0.1, 0.15) is 11.1 Å². The molecule has 0 bridgehead atoms. The third-order valence-electron chi connectivity index (χ3n) is 2.95. The van der Waals surface area contributed by atoms with Gasteiger partial charge >= 0.3 is 12.1 Å². The van der Waals surface area contributed by atoms with E-state index in [1.165, 1.54) is 18.2 Å². The molecule has 0 radical (unpaired) electrons. The van der Waals surface area contributed by atoms with Gasteiger partial charge in [-0.3, -0.25) is 4.79 Å². The molecule has 0 saturated heterocycles. The van der Waals surface area contributed by atoms with Gasteiger partial charge in [-0.15, -0.1) is 0 Å². The van der Waals surface area contributed by atoms with Gasteiger partial charge in [0.15, 0.2) is 0 Å². The summed E-state index contributed by atoms with van der Waals surface area (Å²) in [6.45, 7) is 0. The van der Waals surface area contributed by atoms with Crippen molar-refractivity contribution in [1.82, 2.24) is 0 Å². The SMILES string of the molecule is O=C(O)Cc1c(Cl)cccc1-c1cccc(C(F)(F)F)c1. The molecule has 0 spiro atoms. The van der Waals surface area contributed by atoms with Gasteiger partial charge in [-0.05, 0) is 34.9 Å². The Bertz CT molecular complexity index is 681. The van der Waals surface area contributed by atoms with E-state index in [-0.39, 0.29) is 17.0 Å². The van der Waals surface area contributed by atoms with Crippen molar-refractivity contribution in [3.8, 4) is 11.1 Å². The first-order chi connectivity index (χ1) is 9.79. The Kier molecular flexibility index (Phi) is 4.23. The fourth-order valence-electron chi connectivity index (χ4n) is 2.02. The maximum atomic E-state index is 12.8. The molecule has 2 aromatic carbocycles. The van der Waals surface area contributed by atoms with Crippen LogP contribution >= 0.6 is 11.6 Å². The summed E-state index contributed by atoms with van der Waals surface area (Å²) in [7, 11) is 0. The van der Waals surface area contributed by atoms with Crippen molar-refractivity contribution >= 4 is 17.6 Å². The van der Waals surface area contributed by atoms with Crippen LogP contribution in [-0.2, 0) is 17.4 Å². The van der Waals surface area contributed by atoms with E-state index in [2.05, 4.69) is 0 Å². The number of carboxylic acid groups (broad SMARTS) is 1. The van der Waals surface area contributed by atoms with Crippen LogP contribution in [0.3, 0.4) is 0 Å². The standard InChI is InChI=1S/C15H10ClF3O2/c16-13-6-2-5-11(12(13)8-14(20)21)9-3-1-4-10(7-9)15(17,18)19/h1-7H,8H2,(H,20,21). The van der Waals surface area contributed by atoms with E-state index in [4.69, 9.17) is 16.7 Å². The molecule has 0 unspecified atom stereocenters. The molecule has 0 fully saturated rings. The summed E-state index contributed by atoms with van der Waals surface area (Å²) < 4.78 is 38.3. The third kappa shape index (κ3) is 3.55. The number of alkyl halides is 3. The smallest absolute Gasteiger partial charge is 0.416 e. The minimum absolute atomic E-state index is 0.215. The normalized spacial score (nSPS) is 11.4. The van der Waals surface area contributed by atoms with Crippen LogP contribution < -0.4 is 0 Å². The molecule has 0 aromatic heterocycles. The first-order valence-electron chi connectivity index (χ1n) is 5.96. The van der Waals surface area contributed by atoms with Crippen LogP contribution in [-0.4, -0.2) is 11.1 Å². The highest BCUT2D eigenvalue weighted by atomic mass is 35.5. The highest BCUT2D eigenvalue weighted by molar-refractivity contribution is 6.32. The maximum absolute atomic E-state index is 12.8. The molecule has 0 amide bonds.